The van der Waals surface area contributed by atoms with E-state index in [0.29, 0.717) is 0 Å². The van der Waals surface area contributed by atoms with Gasteiger partial charge in [0, 0.05) is 0 Å². The van der Waals surface area contributed by atoms with Gasteiger partial charge in [0.25, 0.3) is 0 Å². The third-order valence-electron chi connectivity index (χ3n) is 1.46. The van der Waals surface area contributed by atoms with Crippen molar-refractivity contribution in [2.75, 3.05) is 0 Å². The van der Waals surface area contributed by atoms with Crippen LogP contribution < -0.4 is 5.73 Å². The quantitative estimate of drug-likeness (QED) is 0.313. The van der Waals surface area contributed by atoms with Gasteiger partial charge in [-0.1, -0.05) is 0 Å². The molecule has 0 aromatic rings. The molecular formula is C6H13NO5. The molecule has 0 aliphatic carbocycles. The number of aliphatic hydroxyl groups excluding tert-OH is 4. The van der Waals surface area contributed by atoms with Gasteiger partial charge in [-0.2, -0.15) is 0 Å². The van der Waals surface area contributed by atoms with Gasteiger partial charge in [0.1, 0.15) is 12.2 Å². The lowest BCUT2D eigenvalue weighted by atomic mass is 10.0. The Kier molecular flexibility index (Phi) is 4.11. The highest BCUT2D eigenvalue weighted by Gasteiger charge is 2.31. The van der Waals surface area contributed by atoms with E-state index < -0.39 is 30.3 Å². The summed E-state index contributed by atoms with van der Waals surface area (Å²) in [5.41, 5.74) is 4.63. The van der Waals surface area contributed by atoms with Gasteiger partial charge >= 0.3 is 0 Å². The maximum atomic E-state index is 10.3. The highest BCUT2D eigenvalue weighted by Crippen LogP contribution is 2.03. The minimum Gasteiger partial charge on any atom is -0.391 e. The molecule has 0 fully saturated rings. The van der Waals surface area contributed by atoms with Crippen LogP contribution in [0.4, 0.5) is 0 Å². The van der Waals surface area contributed by atoms with Crippen molar-refractivity contribution in [3.63, 3.8) is 0 Å². The number of hydrogen-bond donors (Lipinski definition) is 5. The van der Waals surface area contributed by atoms with Crippen LogP contribution in [0.5, 0.6) is 0 Å². The summed E-state index contributed by atoms with van der Waals surface area (Å²) in [6, 6.07) is 0. The zero-order valence-electron chi connectivity index (χ0n) is 6.58. The van der Waals surface area contributed by atoms with Crippen molar-refractivity contribution >= 4 is 5.91 Å². The van der Waals surface area contributed by atoms with Crippen molar-refractivity contribution in [1.29, 1.82) is 0 Å². The second-order valence-corrected chi connectivity index (χ2v) is 2.57. The Morgan fingerprint density at radius 1 is 1.17 bits per heavy atom. The maximum absolute atomic E-state index is 10.3. The number of primary amides is 1. The van der Waals surface area contributed by atoms with E-state index in [2.05, 4.69) is 5.73 Å². The van der Waals surface area contributed by atoms with E-state index in [1.54, 1.807) is 0 Å². The zero-order valence-corrected chi connectivity index (χ0v) is 6.58. The molecule has 0 heterocycles. The number of nitrogens with two attached hydrogens (primary N) is 1. The molecule has 72 valence electrons. The van der Waals surface area contributed by atoms with Crippen LogP contribution in [-0.4, -0.2) is 50.7 Å². The van der Waals surface area contributed by atoms with Gasteiger partial charge in [0.15, 0.2) is 6.10 Å². The van der Waals surface area contributed by atoms with Gasteiger partial charge in [0.05, 0.1) is 6.10 Å². The summed E-state index contributed by atoms with van der Waals surface area (Å²) in [6.45, 7) is 1.21. The van der Waals surface area contributed by atoms with Crippen molar-refractivity contribution in [2.45, 2.75) is 31.3 Å². The third-order valence-corrected chi connectivity index (χ3v) is 1.46. The standard InChI is InChI=1S/C6H13NO5/c1-2(8)3(9)4(10)5(11)6(7)12/h2-5,8-11H,1H3,(H2,7,12)/t2-,3+,4-,5+/m1/s1. The van der Waals surface area contributed by atoms with Crippen LogP contribution in [0.15, 0.2) is 0 Å². The molecule has 0 aromatic heterocycles. The second-order valence-electron chi connectivity index (χ2n) is 2.57. The van der Waals surface area contributed by atoms with Gasteiger partial charge in [-0.3, -0.25) is 4.79 Å². The SMILES string of the molecule is C[C@@H](O)[C@H](O)[C@@H](O)[C@H](O)C(N)=O. The Labute approximate surface area is 69.2 Å². The maximum Gasteiger partial charge on any atom is 0.249 e. The third kappa shape index (κ3) is 2.74. The Bertz CT molecular complexity index is 160. The van der Waals surface area contributed by atoms with Crippen LogP contribution in [0, 0.1) is 0 Å². The molecule has 6 N–H and O–H groups in total. The average Bonchev–Trinajstić information content (AvgIpc) is 2.00. The topological polar surface area (TPSA) is 124 Å². The lowest BCUT2D eigenvalue weighted by molar-refractivity contribution is -0.142. The van der Waals surface area contributed by atoms with E-state index in [1.165, 1.54) is 6.92 Å². The molecule has 0 saturated carbocycles. The molecular weight excluding hydrogens is 166 g/mol. The molecule has 1 amide bonds. The number of hydrogen-bond acceptors (Lipinski definition) is 5. The number of aliphatic hydroxyl groups is 4. The molecule has 6 nitrogen and oxygen atoms in total. The Morgan fingerprint density at radius 2 is 1.58 bits per heavy atom. The molecule has 0 aliphatic rings. The molecule has 0 rings (SSSR count). The summed E-state index contributed by atoms with van der Waals surface area (Å²) >= 11 is 0. The molecule has 6 heteroatoms. The zero-order chi connectivity index (χ0) is 9.89. The van der Waals surface area contributed by atoms with Crippen LogP contribution in [0.3, 0.4) is 0 Å². The van der Waals surface area contributed by atoms with Crippen LogP contribution in [0.1, 0.15) is 6.92 Å². The lowest BCUT2D eigenvalue weighted by Gasteiger charge is -2.22. The predicted molar refractivity (Wildman–Crippen MR) is 38.9 cm³/mol. The largest absolute Gasteiger partial charge is 0.391 e. The van der Waals surface area contributed by atoms with E-state index in [1.807, 2.05) is 0 Å². The summed E-state index contributed by atoms with van der Waals surface area (Å²) < 4.78 is 0. The molecule has 0 unspecified atom stereocenters. The van der Waals surface area contributed by atoms with Crippen molar-refractivity contribution in [1.82, 2.24) is 0 Å². The number of carbonyl (C=O) groups excluding carboxylic acids is 1. The van der Waals surface area contributed by atoms with E-state index >= 15 is 0 Å². The van der Waals surface area contributed by atoms with Crippen LogP contribution in [0.25, 0.3) is 0 Å². The first-order valence-corrected chi connectivity index (χ1v) is 3.39. The summed E-state index contributed by atoms with van der Waals surface area (Å²) in [6.07, 6.45) is -6.46. The fraction of sp³-hybridized carbons (Fsp3) is 0.833. The molecule has 0 aliphatic heterocycles. The number of rotatable bonds is 4. The summed E-state index contributed by atoms with van der Waals surface area (Å²) in [4.78, 5) is 10.3. The second kappa shape index (κ2) is 4.36. The van der Waals surface area contributed by atoms with Gasteiger partial charge in [-0.25, -0.2) is 0 Å². The Hall–Kier alpha value is -0.690. The van der Waals surface area contributed by atoms with Crippen molar-refractivity contribution < 1.29 is 25.2 Å². The Morgan fingerprint density at radius 3 is 1.83 bits per heavy atom. The minimum atomic E-state index is -1.87. The monoisotopic (exact) mass is 179 g/mol. The lowest BCUT2D eigenvalue weighted by Crippen LogP contribution is -2.48. The molecule has 0 bridgehead atoms. The van der Waals surface area contributed by atoms with Crippen molar-refractivity contribution in [3.8, 4) is 0 Å². The van der Waals surface area contributed by atoms with Gasteiger partial charge in [-0.05, 0) is 6.92 Å². The molecule has 0 radical (unpaired) electrons. The highest BCUT2D eigenvalue weighted by molar-refractivity contribution is 5.79. The molecule has 12 heavy (non-hydrogen) atoms. The fourth-order valence-corrected chi connectivity index (χ4v) is 0.640. The van der Waals surface area contributed by atoms with Crippen molar-refractivity contribution in [2.24, 2.45) is 5.73 Å². The molecule has 4 atom stereocenters. The van der Waals surface area contributed by atoms with Crippen LogP contribution >= 0.6 is 0 Å². The minimum absolute atomic E-state index is 1.15. The Balaban J connectivity index is 4.18. The summed E-state index contributed by atoms with van der Waals surface area (Å²) in [5, 5.41) is 35.5. The molecule has 0 aromatic carbocycles. The highest BCUT2D eigenvalue weighted by atomic mass is 16.4. The number of amides is 1. The van der Waals surface area contributed by atoms with Gasteiger partial charge < -0.3 is 26.2 Å². The average molecular weight is 179 g/mol. The van der Waals surface area contributed by atoms with Crippen molar-refractivity contribution in [3.05, 3.63) is 0 Å². The van der Waals surface area contributed by atoms with Gasteiger partial charge in [0.2, 0.25) is 5.91 Å². The smallest absolute Gasteiger partial charge is 0.249 e. The molecule has 0 spiro atoms. The van der Waals surface area contributed by atoms with E-state index in [0.717, 1.165) is 0 Å². The van der Waals surface area contributed by atoms with E-state index in [9.17, 15) is 4.79 Å². The van der Waals surface area contributed by atoms with E-state index in [-0.39, 0.29) is 0 Å². The van der Waals surface area contributed by atoms with Gasteiger partial charge in [-0.15, -0.1) is 0 Å². The summed E-state index contributed by atoms with van der Waals surface area (Å²) in [7, 11) is 0. The normalized spacial score (nSPS) is 21.1. The number of carbonyl (C=O) groups is 1. The van der Waals surface area contributed by atoms with E-state index in [4.69, 9.17) is 20.4 Å². The van der Waals surface area contributed by atoms with Crippen LogP contribution in [-0.2, 0) is 4.79 Å². The summed E-state index contributed by atoms with van der Waals surface area (Å²) in [5.74, 6) is -1.15. The first kappa shape index (κ1) is 11.3. The first-order valence-electron chi connectivity index (χ1n) is 3.39. The van der Waals surface area contributed by atoms with Crippen LogP contribution in [0.2, 0.25) is 0 Å². The predicted octanol–water partition coefficient (Wildman–Crippen LogP) is -3.06. The molecule has 0 saturated heterocycles. The first-order chi connectivity index (χ1) is 5.37. The fourth-order valence-electron chi connectivity index (χ4n) is 0.640.